The number of nitrogens with zero attached hydrogens (tertiary/aromatic N) is 4. The van der Waals surface area contributed by atoms with Crippen molar-refractivity contribution in [1.82, 2.24) is 19.7 Å². The largest absolute Gasteiger partial charge is 0.289 e. The molecule has 25 heavy (non-hydrogen) atoms. The van der Waals surface area contributed by atoms with E-state index in [2.05, 4.69) is 20.5 Å². The molecule has 1 N–H and O–H groups in total. The molecule has 0 spiro atoms. The molecule has 0 radical (unpaired) electrons. The van der Waals surface area contributed by atoms with Gasteiger partial charge in [-0.25, -0.2) is 0 Å². The lowest BCUT2D eigenvalue weighted by molar-refractivity contribution is 0.102. The molecule has 0 fully saturated rings. The third kappa shape index (κ3) is 4.18. The zero-order chi connectivity index (χ0) is 17.6. The van der Waals surface area contributed by atoms with Crippen LogP contribution in [0.25, 0.3) is 0 Å². The van der Waals surface area contributed by atoms with Gasteiger partial charge in [0, 0.05) is 23.5 Å². The summed E-state index contributed by atoms with van der Waals surface area (Å²) in [7, 11) is 0. The first-order chi connectivity index (χ1) is 12.2. The van der Waals surface area contributed by atoms with E-state index < -0.39 is 0 Å². The predicted molar refractivity (Wildman–Crippen MR) is 98.9 cm³/mol. The first-order valence-corrected chi connectivity index (χ1v) is 9.07. The van der Waals surface area contributed by atoms with Crippen LogP contribution in [0.5, 0.6) is 0 Å². The van der Waals surface area contributed by atoms with E-state index in [1.807, 2.05) is 35.8 Å². The van der Waals surface area contributed by atoms with Gasteiger partial charge in [0.25, 0.3) is 5.91 Å². The predicted octanol–water partition coefficient (Wildman–Crippen LogP) is 3.89. The number of amides is 1. The smallest absolute Gasteiger partial charge is 0.276 e. The zero-order valence-corrected chi connectivity index (χ0v) is 15.1. The van der Waals surface area contributed by atoms with Gasteiger partial charge in [0.2, 0.25) is 5.95 Å². The number of aromatic nitrogens is 4. The number of rotatable bonds is 6. The average molecular weight is 374 g/mol. The second-order valence-corrected chi connectivity index (χ2v) is 6.45. The van der Waals surface area contributed by atoms with Crippen LogP contribution >= 0.6 is 23.4 Å². The van der Waals surface area contributed by atoms with Gasteiger partial charge in [-0.3, -0.25) is 19.7 Å². The quantitative estimate of drug-likeness (QED) is 0.663. The van der Waals surface area contributed by atoms with Crippen LogP contribution in [0.1, 0.15) is 23.0 Å². The molecule has 0 aliphatic carbocycles. The van der Waals surface area contributed by atoms with Gasteiger partial charge < -0.3 is 0 Å². The molecule has 128 valence electrons. The van der Waals surface area contributed by atoms with Crippen molar-refractivity contribution in [2.75, 3.05) is 5.32 Å². The Balaban J connectivity index is 1.73. The van der Waals surface area contributed by atoms with Crippen molar-refractivity contribution in [1.29, 1.82) is 0 Å². The van der Waals surface area contributed by atoms with Crippen LogP contribution in [0.2, 0.25) is 5.02 Å². The van der Waals surface area contributed by atoms with Gasteiger partial charge in [0.05, 0.1) is 0 Å². The monoisotopic (exact) mass is 373 g/mol. The summed E-state index contributed by atoms with van der Waals surface area (Å²) in [6.07, 6.45) is 1.57. The number of carbonyl (C=O) groups excluding carboxylic acids is 1. The van der Waals surface area contributed by atoms with Crippen molar-refractivity contribution in [3.05, 3.63) is 64.9 Å². The maximum Gasteiger partial charge on any atom is 0.276 e. The van der Waals surface area contributed by atoms with E-state index in [0.29, 0.717) is 23.9 Å². The molecular weight excluding hydrogens is 358 g/mol. The number of benzene rings is 1. The molecule has 2 aromatic heterocycles. The SMILES string of the molecule is CCn1c(NC(=O)c2ccccn2)nnc1SCc1ccccc1Cl. The highest BCUT2D eigenvalue weighted by atomic mass is 35.5. The van der Waals surface area contributed by atoms with Crippen LogP contribution in [-0.2, 0) is 12.3 Å². The lowest BCUT2D eigenvalue weighted by atomic mass is 10.2. The fraction of sp³-hybridized carbons (Fsp3) is 0.176. The van der Waals surface area contributed by atoms with Crippen LogP contribution < -0.4 is 5.32 Å². The third-order valence-corrected chi connectivity index (χ3v) is 4.85. The lowest BCUT2D eigenvalue weighted by Gasteiger charge is -2.08. The minimum atomic E-state index is -0.314. The number of thioether (sulfide) groups is 1. The number of hydrogen-bond acceptors (Lipinski definition) is 5. The second kappa shape index (κ2) is 8.13. The number of nitrogens with one attached hydrogen (secondary N) is 1. The summed E-state index contributed by atoms with van der Waals surface area (Å²) in [6, 6.07) is 12.9. The second-order valence-electron chi connectivity index (χ2n) is 5.10. The fourth-order valence-electron chi connectivity index (χ4n) is 2.19. The lowest BCUT2D eigenvalue weighted by Crippen LogP contribution is -2.17. The first-order valence-electron chi connectivity index (χ1n) is 7.71. The summed E-state index contributed by atoms with van der Waals surface area (Å²) in [5, 5.41) is 12.5. The third-order valence-electron chi connectivity index (χ3n) is 3.47. The Hall–Kier alpha value is -2.38. The van der Waals surface area contributed by atoms with Crippen LogP contribution in [0.4, 0.5) is 5.95 Å². The summed E-state index contributed by atoms with van der Waals surface area (Å²) in [4.78, 5) is 16.3. The van der Waals surface area contributed by atoms with Crippen molar-refractivity contribution in [3.8, 4) is 0 Å². The van der Waals surface area contributed by atoms with Gasteiger partial charge >= 0.3 is 0 Å². The van der Waals surface area contributed by atoms with Crippen LogP contribution in [0, 0.1) is 0 Å². The molecule has 0 aliphatic rings. The van der Waals surface area contributed by atoms with Gasteiger partial charge in [0.15, 0.2) is 5.16 Å². The Bertz CT molecular complexity index is 868. The fourth-order valence-corrected chi connectivity index (χ4v) is 3.48. The molecule has 1 aromatic carbocycles. The Morgan fingerprint density at radius 1 is 1.20 bits per heavy atom. The molecule has 0 saturated carbocycles. The van der Waals surface area contributed by atoms with E-state index in [0.717, 1.165) is 15.7 Å². The van der Waals surface area contributed by atoms with E-state index in [1.165, 1.54) is 11.8 Å². The topological polar surface area (TPSA) is 72.7 Å². The Morgan fingerprint density at radius 3 is 2.72 bits per heavy atom. The van der Waals surface area contributed by atoms with E-state index >= 15 is 0 Å². The number of halogens is 1. The van der Waals surface area contributed by atoms with Gasteiger partial charge in [-0.15, -0.1) is 10.2 Å². The summed E-state index contributed by atoms with van der Waals surface area (Å²) in [6.45, 7) is 2.61. The van der Waals surface area contributed by atoms with Gasteiger partial charge in [-0.1, -0.05) is 47.6 Å². The average Bonchev–Trinajstić information content (AvgIpc) is 3.03. The molecule has 0 unspecified atom stereocenters. The van der Waals surface area contributed by atoms with Crippen LogP contribution in [-0.4, -0.2) is 25.7 Å². The van der Waals surface area contributed by atoms with Crippen LogP contribution in [0.3, 0.4) is 0 Å². The summed E-state index contributed by atoms with van der Waals surface area (Å²) >= 11 is 7.71. The number of anilines is 1. The molecular formula is C17H16ClN5OS. The molecule has 8 heteroatoms. The normalized spacial score (nSPS) is 10.6. The molecule has 0 bridgehead atoms. The molecule has 6 nitrogen and oxygen atoms in total. The summed E-state index contributed by atoms with van der Waals surface area (Å²) in [5.41, 5.74) is 1.36. The Kier molecular flexibility index (Phi) is 5.67. The molecule has 2 heterocycles. The molecule has 3 aromatic rings. The van der Waals surface area contributed by atoms with Crippen molar-refractivity contribution >= 4 is 35.2 Å². The highest BCUT2D eigenvalue weighted by molar-refractivity contribution is 7.98. The van der Waals surface area contributed by atoms with E-state index in [-0.39, 0.29) is 5.91 Å². The number of hydrogen-bond donors (Lipinski definition) is 1. The number of carbonyl (C=O) groups is 1. The van der Waals surface area contributed by atoms with Crippen molar-refractivity contribution in [3.63, 3.8) is 0 Å². The van der Waals surface area contributed by atoms with Crippen molar-refractivity contribution in [2.24, 2.45) is 0 Å². The first kappa shape index (κ1) is 17.4. The summed E-state index contributed by atoms with van der Waals surface area (Å²) in [5.74, 6) is 0.761. The highest BCUT2D eigenvalue weighted by Crippen LogP contribution is 2.27. The van der Waals surface area contributed by atoms with Crippen molar-refractivity contribution in [2.45, 2.75) is 24.4 Å². The molecule has 3 rings (SSSR count). The Morgan fingerprint density at radius 2 is 2.00 bits per heavy atom. The minimum Gasteiger partial charge on any atom is -0.289 e. The number of pyridine rings is 1. The maximum absolute atomic E-state index is 12.2. The van der Waals surface area contributed by atoms with Gasteiger partial charge in [-0.2, -0.15) is 0 Å². The van der Waals surface area contributed by atoms with Gasteiger partial charge in [0.1, 0.15) is 5.69 Å². The maximum atomic E-state index is 12.2. The van der Waals surface area contributed by atoms with Gasteiger partial charge in [-0.05, 0) is 30.7 Å². The highest BCUT2D eigenvalue weighted by Gasteiger charge is 2.15. The molecule has 0 atom stereocenters. The van der Waals surface area contributed by atoms with E-state index in [1.54, 1.807) is 24.4 Å². The van der Waals surface area contributed by atoms with E-state index in [9.17, 15) is 4.79 Å². The molecule has 0 aliphatic heterocycles. The molecule has 1 amide bonds. The summed E-state index contributed by atoms with van der Waals surface area (Å²) < 4.78 is 1.85. The zero-order valence-electron chi connectivity index (χ0n) is 13.5. The van der Waals surface area contributed by atoms with E-state index in [4.69, 9.17) is 11.6 Å². The minimum absolute atomic E-state index is 0.314. The molecule has 0 saturated heterocycles. The Labute approximate surface area is 154 Å². The van der Waals surface area contributed by atoms with Crippen LogP contribution in [0.15, 0.2) is 53.8 Å². The van der Waals surface area contributed by atoms with Crippen molar-refractivity contribution < 1.29 is 4.79 Å². The standard InChI is InChI=1S/C17H16ClN5OS/c1-2-23-16(20-15(24)14-9-5-6-10-19-14)21-22-17(23)25-11-12-7-3-4-8-13(12)18/h3-10H,2,11H2,1H3,(H,20,21,24).